The van der Waals surface area contributed by atoms with Gasteiger partial charge in [-0.05, 0) is 45.0 Å². The van der Waals surface area contributed by atoms with Gasteiger partial charge in [-0.25, -0.2) is 28.7 Å². The molecule has 3 aromatic heterocycles. The standard InChI is InChI=1S/C25H26F2N8O/c1-14(2)35-15(3)30-23-17(26)11-16(12-20(23)35)22-18(27)13-29-25(33-22)32-21-6-4-5-19(31-21)24(36)34-9-7-28-8-10-34/h4-6,11-14,28H,7-10H2,1-3H3,(H,29,31,32,33). The van der Waals surface area contributed by atoms with Crippen LogP contribution < -0.4 is 10.6 Å². The average Bonchev–Trinajstić information content (AvgIpc) is 3.22. The number of rotatable bonds is 5. The fourth-order valence-corrected chi connectivity index (χ4v) is 4.46. The van der Waals surface area contributed by atoms with E-state index in [4.69, 9.17) is 0 Å². The molecule has 1 aromatic carbocycles. The summed E-state index contributed by atoms with van der Waals surface area (Å²) in [7, 11) is 0. The van der Waals surface area contributed by atoms with Gasteiger partial charge >= 0.3 is 0 Å². The number of pyridine rings is 1. The summed E-state index contributed by atoms with van der Waals surface area (Å²) in [6.07, 6.45) is 1.02. The van der Waals surface area contributed by atoms with Gasteiger partial charge in [-0.3, -0.25) is 4.79 Å². The number of hydrogen-bond acceptors (Lipinski definition) is 7. The number of aromatic nitrogens is 5. The molecule has 4 heterocycles. The summed E-state index contributed by atoms with van der Waals surface area (Å²) in [5.41, 5.74) is 1.28. The lowest BCUT2D eigenvalue weighted by Crippen LogP contribution is -2.46. The molecule has 186 valence electrons. The van der Waals surface area contributed by atoms with Crippen molar-refractivity contribution in [2.24, 2.45) is 0 Å². The monoisotopic (exact) mass is 492 g/mol. The molecular formula is C25H26F2N8O. The number of benzene rings is 1. The van der Waals surface area contributed by atoms with E-state index < -0.39 is 11.6 Å². The maximum Gasteiger partial charge on any atom is 0.272 e. The predicted molar refractivity (Wildman–Crippen MR) is 132 cm³/mol. The number of nitrogens with one attached hydrogen (secondary N) is 2. The number of piperazine rings is 1. The molecule has 11 heteroatoms. The van der Waals surface area contributed by atoms with Crippen molar-refractivity contribution in [1.82, 2.24) is 34.7 Å². The van der Waals surface area contributed by atoms with Crippen LogP contribution in [0.25, 0.3) is 22.3 Å². The molecule has 0 atom stereocenters. The number of carbonyl (C=O) groups excluding carboxylic acids is 1. The van der Waals surface area contributed by atoms with E-state index in [1.54, 1.807) is 36.1 Å². The lowest BCUT2D eigenvalue weighted by molar-refractivity contribution is 0.0730. The van der Waals surface area contributed by atoms with E-state index in [0.717, 1.165) is 19.3 Å². The third kappa shape index (κ3) is 4.49. The second-order valence-electron chi connectivity index (χ2n) is 8.91. The van der Waals surface area contributed by atoms with Crippen LogP contribution in [0.2, 0.25) is 0 Å². The first-order chi connectivity index (χ1) is 17.3. The van der Waals surface area contributed by atoms with Crippen molar-refractivity contribution in [2.75, 3.05) is 31.5 Å². The number of carbonyl (C=O) groups is 1. The highest BCUT2D eigenvalue weighted by atomic mass is 19.1. The van der Waals surface area contributed by atoms with Gasteiger partial charge in [-0.2, -0.15) is 0 Å². The zero-order chi connectivity index (χ0) is 25.4. The SMILES string of the molecule is Cc1nc2c(F)cc(-c3nc(Nc4cccc(C(=O)N5CCNCC5)n4)ncc3F)cc2n1C(C)C. The molecule has 0 spiro atoms. The fraction of sp³-hybridized carbons (Fsp3) is 0.320. The zero-order valence-corrected chi connectivity index (χ0v) is 20.2. The van der Waals surface area contributed by atoms with Crippen LogP contribution in [0, 0.1) is 18.6 Å². The number of aryl methyl sites for hydroxylation is 1. The van der Waals surface area contributed by atoms with Gasteiger partial charge in [0.05, 0.1) is 11.7 Å². The average molecular weight is 493 g/mol. The third-order valence-electron chi connectivity index (χ3n) is 6.07. The van der Waals surface area contributed by atoms with Gasteiger partial charge in [-0.1, -0.05) is 6.07 Å². The Kier molecular flexibility index (Phi) is 6.31. The third-order valence-corrected chi connectivity index (χ3v) is 6.07. The molecule has 1 amide bonds. The molecule has 0 bridgehead atoms. The minimum absolute atomic E-state index is 0.0411. The second kappa shape index (κ2) is 9.57. The van der Waals surface area contributed by atoms with Crippen molar-refractivity contribution in [3.05, 3.63) is 59.7 Å². The van der Waals surface area contributed by atoms with Crippen LogP contribution in [-0.2, 0) is 0 Å². The van der Waals surface area contributed by atoms with E-state index in [0.29, 0.717) is 30.2 Å². The maximum atomic E-state index is 14.9. The van der Waals surface area contributed by atoms with Crippen molar-refractivity contribution in [3.8, 4) is 11.3 Å². The van der Waals surface area contributed by atoms with E-state index in [-0.39, 0.29) is 40.4 Å². The molecule has 2 N–H and O–H groups in total. The lowest BCUT2D eigenvalue weighted by atomic mass is 10.1. The van der Waals surface area contributed by atoms with Gasteiger partial charge < -0.3 is 20.1 Å². The van der Waals surface area contributed by atoms with Gasteiger partial charge in [0.25, 0.3) is 5.91 Å². The first kappa shape index (κ1) is 23.7. The van der Waals surface area contributed by atoms with Crippen molar-refractivity contribution in [3.63, 3.8) is 0 Å². The van der Waals surface area contributed by atoms with E-state index in [1.807, 2.05) is 18.4 Å². The molecule has 1 aliphatic heterocycles. The van der Waals surface area contributed by atoms with E-state index in [1.165, 1.54) is 6.07 Å². The largest absolute Gasteiger partial charge is 0.335 e. The number of hydrogen-bond donors (Lipinski definition) is 2. The van der Waals surface area contributed by atoms with Crippen LogP contribution in [0.1, 0.15) is 36.2 Å². The molecule has 0 unspecified atom stereocenters. The van der Waals surface area contributed by atoms with Crippen molar-refractivity contribution in [2.45, 2.75) is 26.8 Å². The summed E-state index contributed by atoms with van der Waals surface area (Å²) in [6, 6.07) is 7.95. The summed E-state index contributed by atoms with van der Waals surface area (Å²) >= 11 is 0. The van der Waals surface area contributed by atoms with Crippen LogP contribution in [0.5, 0.6) is 0 Å². The Morgan fingerprint density at radius 1 is 1.08 bits per heavy atom. The number of amides is 1. The Labute approximate surface area is 206 Å². The first-order valence-corrected chi connectivity index (χ1v) is 11.8. The van der Waals surface area contributed by atoms with Gasteiger partial charge in [0.15, 0.2) is 11.6 Å². The molecule has 0 saturated carbocycles. The summed E-state index contributed by atoms with van der Waals surface area (Å²) in [5, 5.41) is 6.14. The lowest BCUT2D eigenvalue weighted by Gasteiger charge is -2.27. The minimum Gasteiger partial charge on any atom is -0.335 e. The van der Waals surface area contributed by atoms with E-state index in [9.17, 15) is 13.6 Å². The first-order valence-electron chi connectivity index (χ1n) is 11.8. The Bertz CT molecular complexity index is 1450. The highest BCUT2D eigenvalue weighted by molar-refractivity contribution is 5.92. The van der Waals surface area contributed by atoms with Crippen LogP contribution in [-0.4, -0.2) is 61.5 Å². The second-order valence-corrected chi connectivity index (χ2v) is 8.91. The molecule has 5 rings (SSSR count). The summed E-state index contributed by atoms with van der Waals surface area (Å²) in [6.45, 7) is 8.44. The zero-order valence-electron chi connectivity index (χ0n) is 20.2. The summed E-state index contributed by atoms with van der Waals surface area (Å²) < 4.78 is 31.6. The molecule has 9 nitrogen and oxygen atoms in total. The van der Waals surface area contributed by atoms with Gasteiger partial charge in [0.1, 0.15) is 28.5 Å². The topological polar surface area (TPSA) is 101 Å². The smallest absolute Gasteiger partial charge is 0.272 e. The Hall–Kier alpha value is -3.99. The van der Waals surface area contributed by atoms with Crippen LogP contribution in [0.15, 0.2) is 36.5 Å². The van der Waals surface area contributed by atoms with E-state index in [2.05, 4.69) is 30.6 Å². The molecule has 36 heavy (non-hydrogen) atoms. The minimum atomic E-state index is -0.692. The van der Waals surface area contributed by atoms with Crippen LogP contribution in [0.3, 0.4) is 0 Å². The van der Waals surface area contributed by atoms with Gasteiger partial charge in [0, 0.05) is 37.8 Å². The van der Waals surface area contributed by atoms with Crippen molar-refractivity contribution in [1.29, 1.82) is 0 Å². The Balaban J connectivity index is 1.46. The number of anilines is 2. The predicted octanol–water partition coefficient (Wildman–Crippen LogP) is 3.84. The number of fused-ring (bicyclic) bond motifs is 1. The molecular weight excluding hydrogens is 466 g/mol. The molecule has 4 aromatic rings. The fourth-order valence-electron chi connectivity index (χ4n) is 4.46. The molecule has 0 aliphatic carbocycles. The number of nitrogens with zero attached hydrogens (tertiary/aromatic N) is 6. The van der Waals surface area contributed by atoms with Gasteiger partial charge in [-0.15, -0.1) is 0 Å². The Morgan fingerprint density at radius 3 is 2.61 bits per heavy atom. The highest BCUT2D eigenvalue weighted by Crippen LogP contribution is 2.30. The maximum absolute atomic E-state index is 14.9. The highest BCUT2D eigenvalue weighted by Gasteiger charge is 2.20. The Morgan fingerprint density at radius 2 is 1.86 bits per heavy atom. The van der Waals surface area contributed by atoms with E-state index >= 15 is 0 Å². The van der Waals surface area contributed by atoms with Crippen LogP contribution >= 0.6 is 0 Å². The van der Waals surface area contributed by atoms with Crippen LogP contribution in [0.4, 0.5) is 20.5 Å². The summed E-state index contributed by atoms with van der Waals surface area (Å²) in [4.78, 5) is 31.5. The molecule has 1 saturated heterocycles. The summed E-state index contributed by atoms with van der Waals surface area (Å²) in [5.74, 6) is -0.339. The normalized spacial score (nSPS) is 14.0. The quantitative estimate of drug-likeness (QED) is 0.437. The molecule has 1 fully saturated rings. The number of imidazole rings is 1. The molecule has 0 radical (unpaired) electrons. The van der Waals surface area contributed by atoms with Crippen molar-refractivity contribution < 1.29 is 13.6 Å². The van der Waals surface area contributed by atoms with Crippen molar-refractivity contribution >= 4 is 28.7 Å². The number of halogens is 2. The molecule has 1 aliphatic rings. The van der Waals surface area contributed by atoms with Gasteiger partial charge in [0.2, 0.25) is 5.95 Å².